The van der Waals surface area contributed by atoms with Crippen molar-refractivity contribution in [2.24, 2.45) is 0 Å². The van der Waals surface area contributed by atoms with Gasteiger partial charge in [0.1, 0.15) is 0 Å². The lowest BCUT2D eigenvalue weighted by Gasteiger charge is -2.10. The van der Waals surface area contributed by atoms with Crippen molar-refractivity contribution in [2.75, 3.05) is 17.6 Å². The first kappa shape index (κ1) is 20.0. The van der Waals surface area contributed by atoms with Gasteiger partial charge in [-0.1, -0.05) is 48.5 Å². The van der Waals surface area contributed by atoms with Gasteiger partial charge < -0.3 is 10.6 Å². The van der Waals surface area contributed by atoms with Crippen molar-refractivity contribution in [2.45, 2.75) is 19.6 Å². The predicted octanol–water partition coefficient (Wildman–Crippen LogP) is 4.77. The van der Waals surface area contributed by atoms with Crippen molar-refractivity contribution < 1.29 is 9.59 Å². The van der Waals surface area contributed by atoms with Gasteiger partial charge in [-0.2, -0.15) is 11.8 Å². The van der Waals surface area contributed by atoms with Gasteiger partial charge in [-0.3, -0.25) is 9.59 Å². The van der Waals surface area contributed by atoms with Gasteiger partial charge >= 0.3 is 0 Å². The Bertz CT molecular complexity index is 996. The minimum Gasteiger partial charge on any atom is -0.351 e. The lowest BCUT2D eigenvalue weighted by Crippen LogP contribution is -2.26. The van der Waals surface area contributed by atoms with E-state index in [0.717, 1.165) is 17.1 Å². The van der Waals surface area contributed by atoms with Gasteiger partial charge in [0, 0.05) is 36.2 Å². The van der Waals surface area contributed by atoms with E-state index in [0.29, 0.717) is 17.8 Å². The second-order valence-electron chi connectivity index (χ2n) is 6.66. The molecule has 0 atom stereocenters. The SMILES string of the molecule is CC(=O)Nc1cc(C(=O)NCCSCc2cccc3ccccc23)ccc1C. The summed E-state index contributed by atoms with van der Waals surface area (Å²) in [5.74, 6) is 1.47. The van der Waals surface area contributed by atoms with Crippen molar-refractivity contribution in [3.05, 3.63) is 77.4 Å². The van der Waals surface area contributed by atoms with Crippen LogP contribution in [0.2, 0.25) is 0 Å². The van der Waals surface area contributed by atoms with Crippen LogP contribution in [-0.4, -0.2) is 24.1 Å². The molecule has 2 amide bonds. The zero-order valence-corrected chi connectivity index (χ0v) is 16.9. The predicted molar refractivity (Wildman–Crippen MR) is 118 cm³/mol. The zero-order chi connectivity index (χ0) is 19.9. The van der Waals surface area contributed by atoms with Gasteiger partial charge in [0.05, 0.1) is 0 Å². The number of carbonyl (C=O) groups is 2. The van der Waals surface area contributed by atoms with E-state index >= 15 is 0 Å². The second kappa shape index (κ2) is 9.42. The molecule has 0 saturated heterocycles. The molecular formula is C23H24N2O2S. The van der Waals surface area contributed by atoms with Crippen molar-refractivity contribution in [1.29, 1.82) is 0 Å². The van der Waals surface area contributed by atoms with E-state index < -0.39 is 0 Å². The maximum atomic E-state index is 12.4. The molecule has 4 nitrogen and oxygen atoms in total. The van der Waals surface area contributed by atoms with Crippen LogP contribution >= 0.6 is 11.8 Å². The number of hydrogen-bond donors (Lipinski definition) is 2. The van der Waals surface area contributed by atoms with Gasteiger partial charge in [0.25, 0.3) is 5.91 Å². The highest BCUT2D eigenvalue weighted by Gasteiger charge is 2.09. The first-order valence-corrected chi connectivity index (χ1v) is 10.4. The molecule has 0 aliphatic carbocycles. The minimum atomic E-state index is -0.148. The lowest BCUT2D eigenvalue weighted by molar-refractivity contribution is -0.114. The van der Waals surface area contributed by atoms with Crippen LogP contribution in [0.5, 0.6) is 0 Å². The molecule has 0 spiro atoms. The fourth-order valence-electron chi connectivity index (χ4n) is 3.03. The first-order chi connectivity index (χ1) is 13.5. The number of hydrogen-bond acceptors (Lipinski definition) is 3. The number of nitrogens with one attached hydrogen (secondary N) is 2. The molecule has 0 aliphatic heterocycles. The maximum absolute atomic E-state index is 12.4. The van der Waals surface area contributed by atoms with E-state index in [1.807, 2.05) is 13.0 Å². The molecule has 0 heterocycles. The molecule has 5 heteroatoms. The van der Waals surface area contributed by atoms with Crippen LogP contribution < -0.4 is 10.6 Å². The number of anilines is 1. The Balaban J connectivity index is 1.50. The van der Waals surface area contributed by atoms with Crippen LogP contribution in [0.1, 0.15) is 28.4 Å². The Morgan fingerprint density at radius 2 is 1.79 bits per heavy atom. The number of amides is 2. The molecule has 0 aromatic heterocycles. The maximum Gasteiger partial charge on any atom is 0.251 e. The highest BCUT2D eigenvalue weighted by Crippen LogP contribution is 2.22. The second-order valence-corrected chi connectivity index (χ2v) is 7.76. The van der Waals surface area contributed by atoms with E-state index in [1.54, 1.807) is 23.9 Å². The Labute approximate surface area is 169 Å². The standard InChI is InChI=1S/C23H24N2O2S/c1-16-10-11-19(14-22(16)25-17(2)26)23(27)24-12-13-28-15-20-8-5-7-18-6-3-4-9-21(18)20/h3-11,14H,12-13,15H2,1-2H3,(H,24,27)(H,25,26). The molecule has 28 heavy (non-hydrogen) atoms. The highest BCUT2D eigenvalue weighted by atomic mass is 32.2. The average Bonchev–Trinajstić information content (AvgIpc) is 2.69. The molecule has 3 rings (SSSR count). The van der Waals surface area contributed by atoms with E-state index in [4.69, 9.17) is 0 Å². The van der Waals surface area contributed by atoms with Gasteiger partial charge in [-0.05, 0) is 41.0 Å². The summed E-state index contributed by atoms with van der Waals surface area (Å²) < 4.78 is 0. The molecule has 0 aliphatic rings. The Morgan fingerprint density at radius 3 is 2.61 bits per heavy atom. The van der Waals surface area contributed by atoms with Crippen molar-refractivity contribution in [3.8, 4) is 0 Å². The summed E-state index contributed by atoms with van der Waals surface area (Å²) in [6, 6.07) is 20.1. The molecular weight excluding hydrogens is 368 g/mol. The largest absolute Gasteiger partial charge is 0.351 e. The summed E-state index contributed by atoms with van der Waals surface area (Å²) in [4.78, 5) is 23.6. The number of aryl methyl sites for hydroxylation is 1. The van der Waals surface area contributed by atoms with E-state index in [1.165, 1.54) is 23.3 Å². The van der Waals surface area contributed by atoms with Crippen molar-refractivity contribution >= 4 is 40.0 Å². The van der Waals surface area contributed by atoms with Crippen molar-refractivity contribution in [3.63, 3.8) is 0 Å². The van der Waals surface area contributed by atoms with Gasteiger partial charge in [-0.15, -0.1) is 0 Å². The third kappa shape index (κ3) is 5.14. The van der Waals surface area contributed by atoms with Gasteiger partial charge in [0.2, 0.25) is 5.91 Å². The smallest absolute Gasteiger partial charge is 0.251 e. The molecule has 0 radical (unpaired) electrons. The quantitative estimate of drug-likeness (QED) is 0.570. The summed E-state index contributed by atoms with van der Waals surface area (Å²) in [7, 11) is 0. The molecule has 0 bridgehead atoms. The number of benzene rings is 3. The molecule has 3 aromatic carbocycles. The Morgan fingerprint density at radius 1 is 1.00 bits per heavy atom. The summed E-state index contributed by atoms with van der Waals surface area (Å²) in [6.07, 6.45) is 0. The number of fused-ring (bicyclic) bond motifs is 1. The molecule has 2 N–H and O–H groups in total. The normalized spacial score (nSPS) is 10.6. The summed E-state index contributed by atoms with van der Waals surface area (Å²) in [5.41, 5.74) is 3.46. The van der Waals surface area contributed by atoms with E-state index in [2.05, 4.69) is 53.1 Å². The van der Waals surface area contributed by atoms with Crippen LogP contribution in [0.15, 0.2) is 60.7 Å². The number of carbonyl (C=O) groups excluding carboxylic acids is 2. The third-order valence-corrected chi connectivity index (χ3v) is 5.49. The lowest BCUT2D eigenvalue weighted by atomic mass is 10.1. The molecule has 0 unspecified atom stereocenters. The zero-order valence-electron chi connectivity index (χ0n) is 16.1. The average molecular weight is 393 g/mol. The van der Waals surface area contributed by atoms with Gasteiger partial charge in [-0.25, -0.2) is 0 Å². The fourth-order valence-corrected chi connectivity index (χ4v) is 3.89. The van der Waals surface area contributed by atoms with E-state index in [-0.39, 0.29) is 11.8 Å². The van der Waals surface area contributed by atoms with Crippen LogP contribution in [0.3, 0.4) is 0 Å². The van der Waals surface area contributed by atoms with Crippen LogP contribution in [-0.2, 0) is 10.5 Å². The number of thioether (sulfide) groups is 1. The Hall–Kier alpha value is -2.79. The molecule has 144 valence electrons. The Kier molecular flexibility index (Phi) is 6.71. The topological polar surface area (TPSA) is 58.2 Å². The highest BCUT2D eigenvalue weighted by molar-refractivity contribution is 7.98. The van der Waals surface area contributed by atoms with Crippen molar-refractivity contribution in [1.82, 2.24) is 5.32 Å². The van der Waals surface area contributed by atoms with Crippen LogP contribution in [0.4, 0.5) is 5.69 Å². The third-order valence-electron chi connectivity index (χ3n) is 4.48. The molecule has 0 fully saturated rings. The monoisotopic (exact) mass is 392 g/mol. The summed E-state index contributed by atoms with van der Waals surface area (Å²) >= 11 is 1.80. The van der Waals surface area contributed by atoms with Gasteiger partial charge in [0.15, 0.2) is 0 Å². The fraction of sp³-hybridized carbons (Fsp3) is 0.217. The van der Waals surface area contributed by atoms with E-state index in [9.17, 15) is 9.59 Å². The molecule has 0 saturated carbocycles. The number of rotatable bonds is 7. The minimum absolute atomic E-state index is 0.127. The first-order valence-electron chi connectivity index (χ1n) is 9.25. The van der Waals surface area contributed by atoms with Crippen LogP contribution in [0.25, 0.3) is 10.8 Å². The summed E-state index contributed by atoms with van der Waals surface area (Å²) in [5, 5.41) is 8.24. The summed E-state index contributed by atoms with van der Waals surface area (Å²) in [6.45, 7) is 3.95. The molecule has 3 aromatic rings. The van der Waals surface area contributed by atoms with Crippen LogP contribution in [0, 0.1) is 6.92 Å².